The average molecular weight is 628 g/mol. The zero-order valence-electron chi connectivity index (χ0n) is 27.8. The summed E-state index contributed by atoms with van der Waals surface area (Å²) in [5.74, 6) is 0. The topological polar surface area (TPSA) is 3.24 Å². The predicted octanol–water partition coefficient (Wildman–Crippen LogP) is 13.6. The molecule has 0 atom stereocenters. The molecule has 8 aromatic rings. The second-order valence-corrected chi connectivity index (χ2v) is 12.7. The molecule has 0 fully saturated rings. The molecule has 0 N–H and O–H groups in total. The Bertz CT molecular complexity index is 2260. The van der Waals surface area contributed by atoms with E-state index in [1.54, 1.807) is 0 Å². The Morgan fingerprint density at radius 1 is 0.327 bits per heavy atom. The van der Waals surface area contributed by atoms with Crippen LogP contribution in [0.4, 0.5) is 17.1 Å². The molecule has 0 spiro atoms. The van der Waals surface area contributed by atoms with Gasteiger partial charge in [-0.1, -0.05) is 152 Å². The summed E-state index contributed by atoms with van der Waals surface area (Å²) >= 11 is 0. The van der Waals surface area contributed by atoms with Crippen LogP contribution in [0.1, 0.15) is 11.1 Å². The summed E-state index contributed by atoms with van der Waals surface area (Å²) in [5, 5.41) is 2.56. The van der Waals surface area contributed by atoms with Crippen LogP contribution < -0.4 is 4.90 Å². The highest BCUT2D eigenvalue weighted by Crippen LogP contribution is 2.40. The van der Waals surface area contributed by atoms with Crippen LogP contribution in [0.3, 0.4) is 0 Å². The normalized spacial score (nSPS) is 11.1. The van der Waals surface area contributed by atoms with Gasteiger partial charge in [-0.3, -0.25) is 0 Å². The summed E-state index contributed by atoms with van der Waals surface area (Å²) in [5.41, 5.74) is 15.8. The average Bonchev–Trinajstić information content (AvgIpc) is 3.16. The van der Waals surface area contributed by atoms with Crippen LogP contribution in [-0.2, 0) is 0 Å². The fourth-order valence-corrected chi connectivity index (χ4v) is 7.14. The van der Waals surface area contributed by atoms with Gasteiger partial charge in [0.2, 0.25) is 0 Å². The van der Waals surface area contributed by atoms with Crippen molar-refractivity contribution in [1.29, 1.82) is 0 Å². The first-order chi connectivity index (χ1) is 24.1. The van der Waals surface area contributed by atoms with E-state index in [1.807, 2.05) is 0 Å². The summed E-state index contributed by atoms with van der Waals surface area (Å²) in [6.07, 6.45) is 0. The quantitative estimate of drug-likeness (QED) is 0.170. The third kappa shape index (κ3) is 6.04. The maximum atomic E-state index is 2.36. The van der Waals surface area contributed by atoms with E-state index in [-0.39, 0.29) is 0 Å². The van der Waals surface area contributed by atoms with Gasteiger partial charge in [-0.05, 0) is 117 Å². The molecule has 0 aliphatic carbocycles. The van der Waals surface area contributed by atoms with Crippen LogP contribution in [-0.4, -0.2) is 0 Å². The molecular formula is C48H37N. The van der Waals surface area contributed by atoms with E-state index < -0.39 is 0 Å². The predicted molar refractivity (Wildman–Crippen MR) is 210 cm³/mol. The number of hydrogen-bond acceptors (Lipinski definition) is 1. The molecule has 0 unspecified atom stereocenters. The van der Waals surface area contributed by atoms with E-state index in [0.29, 0.717) is 0 Å². The van der Waals surface area contributed by atoms with E-state index in [9.17, 15) is 0 Å². The van der Waals surface area contributed by atoms with Gasteiger partial charge >= 0.3 is 0 Å². The summed E-state index contributed by atoms with van der Waals surface area (Å²) < 4.78 is 0. The van der Waals surface area contributed by atoms with Gasteiger partial charge in [0.1, 0.15) is 0 Å². The van der Waals surface area contributed by atoms with Crippen molar-refractivity contribution in [3.8, 4) is 44.5 Å². The first-order valence-corrected chi connectivity index (χ1v) is 16.9. The second kappa shape index (κ2) is 13.1. The zero-order valence-corrected chi connectivity index (χ0v) is 27.8. The smallest absolute Gasteiger partial charge is 0.0467 e. The minimum atomic E-state index is 1.11. The molecular weight excluding hydrogens is 591 g/mol. The molecule has 1 nitrogen and oxygen atoms in total. The van der Waals surface area contributed by atoms with E-state index in [2.05, 4.69) is 207 Å². The minimum absolute atomic E-state index is 1.11. The van der Waals surface area contributed by atoms with Crippen LogP contribution in [0.15, 0.2) is 188 Å². The molecule has 0 bridgehead atoms. The lowest BCUT2D eigenvalue weighted by Crippen LogP contribution is -2.10. The van der Waals surface area contributed by atoms with Crippen molar-refractivity contribution in [2.75, 3.05) is 4.90 Å². The summed E-state index contributed by atoms with van der Waals surface area (Å²) in [4.78, 5) is 2.36. The van der Waals surface area contributed by atoms with Gasteiger partial charge in [0.05, 0.1) is 0 Å². The van der Waals surface area contributed by atoms with Gasteiger partial charge in [-0.25, -0.2) is 0 Å². The van der Waals surface area contributed by atoms with Crippen molar-refractivity contribution in [2.24, 2.45) is 0 Å². The summed E-state index contributed by atoms with van der Waals surface area (Å²) in [6.45, 7) is 4.48. The van der Waals surface area contributed by atoms with Crippen LogP contribution in [0.25, 0.3) is 55.3 Å². The number of rotatable bonds is 7. The minimum Gasteiger partial charge on any atom is -0.310 e. The standard InChI is InChI=1S/C48H37N/c1-34-31-42(32-35(2)48(34)47-22-12-18-40-17-9-10-21-46(40)47)41-19-11-20-45(33-41)49(43-27-23-38(24-28-43)36-13-5-3-6-14-36)44-29-25-39(26-30-44)37-15-7-4-8-16-37/h3-33H,1-2H3. The molecule has 0 aliphatic heterocycles. The second-order valence-electron chi connectivity index (χ2n) is 12.7. The van der Waals surface area contributed by atoms with Gasteiger partial charge < -0.3 is 4.90 Å². The SMILES string of the molecule is Cc1cc(-c2cccc(N(c3ccc(-c4ccccc4)cc3)c3ccc(-c4ccccc4)cc3)c2)cc(C)c1-c1cccc2ccccc12. The molecule has 1 heteroatoms. The monoisotopic (exact) mass is 627 g/mol. The highest BCUT2D eigenvalue weighted by Gasteiger charge is 2.16. The molecule has 0 radical (unpaired) electrons. The van der Waals surface area contributed by atoms with Crippen LogP contribution >= 0.6 is 0 Å². The largest absolute Gasteiger partial charge is 0.310 e. The van der Waals surface area contributed by atoms with Crippen LogP contribution in [0.2, 0.25) is 0 Å². The number of fused-ring (bicyclic) bond motifs is 1. The van der Waals surface area contributed by atoms with Gasteiger partial charge in [0.15, 0.2) is 0 Å². The van der Waals surface area contributed by atoms with E-state index in [1.165, 1.54) is 66.4 Å². The fraction of sp³-hybridized carbons (Fsp3) is 0.0417. The molecule has 0 saturated heterocycles. The third-order valence-corrected chi connectivity index (χ3v) is 9.49. The van der Waals surface area contributed by atoms with Gasteiger partial charge in [0, 0.05) is 17.1 Å². The Morgan fingerprint density at radius 3 is 1.39 bits per heavy atom. The van der Waals surface area contributed by atoms with Crippen LogP contribution in [0, 0.1) is 13.8 Å². The maximum Gasteiger partial charge on any atom is 0.0467 e. The molecule has 0 aliphatic rings. The van der Waals surface area contributed by atoms with E-state index in [0.717, 1.165) is 17.1 Å². The molecule has 0 amide bonds. The molecule has 0 saturated carbocycles. The molecule has 0 heterocycles. The zero-order chi connectivity index (χ0) is 33.2. The molecule has 234 valence electrons. The lowest BCUT2D eigenvalue weighted by atomic mass is 9.89. The first-order valence-electron chi connectivity index (χ1n) is 16.9. The number of nitrogens with zero attached hydrogens (tertiary/aromatic N) is 1. The Kier molecular flexibility index (Phi) is 8.09. The number of benzene rings is 8. The molecule has 49 heavy (non-hydrogen) atoms. The highest BCUT2D eigenvalue weighted by atomic mass is 15.1. The van der Waals surface area contributed by atoms with Gasteiger partial charge in [0.25, 0.3) is 0 Å². The number of aryl methyl sites for hydroxylation is 2. The van der Waals surface area contributed by atoms with Crippen molar-refractivity contribution in [2.45, 2.75) is 13.8 Å². The maximum absolute atomic E-state index is 2.36. The van der Waals surface area contributed by atoms with E-state index >= 15 is 0 Å². The van der Waals surface area contributed by atoms with Crippen molar-refractivity contribution in [3.05, 3.63) is 199 Å². The third-order valence-electron chi connectivity index (χ3n) is 9.49. The Hall–Kier alpha value is -6.18. The molecule has 8 rings (SSSR count). The lowest BCUT2D eigenvalue weighted by molar-refractivity contribution is 1.28. The van der Waals surface area contributed by atoms with Gasteiger partial charge in [-0.2, -0.15) is 0 Å². The number of hydrogen-bond donors (Lipinski definition) is 0. The van der Waals surface area contributed by atoms with Crippen molar-refractivity contribution in [3.63, 3.8) is 0 Å². The lowest BCUT2D eigenvalue weighted by Gasteiger charge is -2.26. The fourth-order valence-electron chi connectivity index (χ4n) is 7.14. The van der Waals surface area contributed by atoms with Gasteiger partial charge in [-0.15, -0.1) is 0 Å². The van der Waals surface area contributed by atoms with Crippen molar-refractivity contribution < 1.29 is 0 Å². The highest BCUT2D eigenvalue weighted by molar-refractivity contribution is 5.98. The number of anilines is 3. The molecule has 0 aromatic heterocycles. The Morgan fingerprint density at radius 2 is 0.796 bits per heavy atom. The van der Waals surface area contributed by atoms with Crippen molar-refractivity contribution in [1.82, 2.24) is 0 Å². The first kappa shape index (κ1) is 30.2. The Balaban J connectivity index is 1.20. The summed E-state index contributed by atoms with van der Waals surface area (Å²) in [6, 6.07) is 67.8. The van der Waals surface area contributed by atoms with Crippen LogP contribution in [0.5, 0.6) is 0 Å². The summed E-state index contributed by atoms with van der Waals surface area (Å²) in [7, 11) is 0. The van der Waals surface area contributed by atoms with E-state index in [4.69, 9.17) is 0 Å². The van der Waals surface area contributed by atoms with Crippen molar-refractivity contribution >= 4 is 27.8 Å². The molecule has 8 aromatic carbocycles. The Labute approximate surface area is 289 Å².